The number of hydrogen-bond donors (Lipinski definition) is 1. The van der Waals surface area contributed by atoms with Crippen LogP contribution in [0, 0.1) is 11.3 Å². The summed E-state index contributed by atoms with van der Waals surface area (Å²) in [5.41, 5.74) is 1.29. The highest BCUT2D eigenvalue weighted by molar-refractivity contribution is 7.89. The summed E-state index contributed by atoms with van der Waals surface area (Å²) in [6, 6.07) is 11.2. The molecule has 1 aromatic heterocycles. The first-order valence-electron chi connectivity index (χ1n) is 7.55. The number of rotatable bonds is 7. The van der Waals surface area contributed by atoms with Gasteiger partial charge < -0.3 is 4.90 Å². The average Bonchev–Trinajstić information content (AvgIpc) is 2.62. The van der Waals surface area contributed by atoms with Gasteiger partial charge in [-0.15, -0.1) is 0 Å². The van der Waals surface area contributed by atoms with Crippen LogP contribution in [-0.4, -0.2) is 37.8 Å². The van der Waals surface area contributed by atoms with Crippen molar-refractivity contribution in [1.29, 1.82) is 5.26 Å². The highest BCUT2D eigenvalue weighted by Crippen LogP contribution is 2.13. The van der Waals surface area contributed by atoms with Gasteiger partial charge in [0.05, 0.1) is 11.0 Å². The van der Waals surface area contributed by atoms with Crippen molar-refractivity contribution in [3.8, 4) is 6.07 Å². The van der Waals surface area contributed by atoms with Gasteiger partial charge in [-0.25, -0.2) is 13.1 Å². The summed E-state index contributed by atoms with van der Waals surface area (Å²) in [6.07, 6.45) is 3.44. The molecular weight excluding hydrogens is 340 g/mol. The van der Waals surface area contributed by atoms with Gasteiger partial charge in [0, 0.05) is 44.5 Å². The van der Waals surface area contributed by atoms with Crippen molar-refractivity contribution in [2.45, 2.75) is 17.9 Å². The molecule has 1 amide bonds. The van der Waals surface area contributed by atoms with Crippen LogP contribution in [0.1, 0.15) is 22.3 Å². The van der Waals surface area contributed by atoms with E-state index >= 15 is 0 Å². The lowest BCUT2D eigenvalue weighted by atomic mass is 10.2. The normalized spacial score (nSPS) is 10.9. The predicted octanol–water partition coefficient (Wildman–Crippen LogP) is 1.55. The number of pyridine rings is 1. The Morgan fingerprint density at radius 2 is 2.00 bits per heavy atom. The molecule has 1 aromatic carbocycles. The third-order valence-corrected chi connectivity index (χ3v) is 4.91. The zero-order valence-corrected chi connectivity index (χ0v) is 14.5. The molecule has 0 aliphatic heterocycles. The van der Waals surface area contributed by atoms with E-state index in [4.69, 9.17) is 5.26 Å². The molecule has 0 atom stereocenters. The van der Waals surface area contributed by atoms with Crippen molar-refractivity contribution in [2.24, 2.45) is 0 Å². The predicted molar refractivity (Wildman–Crippen MR) is 91.9 cm³/mol. The minimum Gasteiger partial charge on any atom is -0.337 e. The van der Waals surface area contributed by atoms with Gasteiger partial charge in [0.2, 0.25) is 10.0 Å². The number of nitrogens with one attached hydrogen (secondary N) is 1. The third kappa shape index (κ3) is 5.11. The Labute approximate surface area is 147 Å². The van der Waals surface area contributed by atoms with Crippen molar-refractivity contribution in [3.63, 3.8) is 0 Å². The molecule has 0 fully saturated rings. The second-order valence-corrected chi connectivity index (χ2v) is 7.12. The number of carbonyl (C=O) groups excluding carboxylic acids is 1. The number of benzene rings is 1. The largest absolute Gasteiger partial charge is 0.337 e. The maximum Gasteiger partial charge on any atom is 0.253 e. The summed E-state index contributed by atoms with van der Waals surface area (Å²) in [5.74, 6) is -0.217. The molecule has 7 nitrogen and oxygen atoms in total. The van der Waals surface area contributed by atoms with Crippen molar-refractivity contribution >= 4 is 15.9 Å². The Kier molecular flexibility index (Phi) is 6.22. The van der Waals surface area contributed by atoms with Crippen LogP contribution in [0.4, 0.5) is 0 Å². The molecule has 8 heteroatoms. The summed E-state index contributed by atoms with van der Waals surface area (Å²) < 4.78 is 26.4. The number of aromatic nitrogens is 1. The molecular formula is C17H18N4O3S. The quantitative estimate of drug-likeness (QED) is 0.756. The minimum atomic E-state index is -3.68. The van der Waals surface area contributed by atoms with E-state index in [0.717, 1.165) is 5.56 Å². The Balaban J connectivity index is 2.06. The molecule has 0 radical (unpaired) electrons. The van der Waals surface area contributed by atoms with Gasteiger partial charge in [0.25, 0.3) is 5.91 Å². The van der Waals surface area contributed by atoms with Gasteiger partial charge in [-0.1, -0.05) is 6.07 Å². The molecule has 2 aromatic rings. The average molecular weight is 358 g/mol. The molecule has 0 bridgehead atoms. The Bertz CT molecular complexity index is 859. The van der Waals surface area contributed by atoms with Gasteiger partial charge in [-0.3, -0.25) is 9.78 Å². The lowest BCUT2D eigenvalue weighted by Crippen LogP contribution is -2.27. The third-order valence-electron chi connectivity index (χ3n) is 3.43. The van der Waals surface area contributed by atoms with Gasteiger partial charge in [-0.05, 0) is 35.9 Å². The van der Waals surface area contributed by atoms with Gasteiger partial charge in [0.1, 0.15) is 0 Å². The van der Waals surface area contributed by atoms with E-state index in [-0.39, 0.29) is 23.8 Å². The minimum absolute atomic E-state index is 0.0490. The fraction of sp³-hybridized carbons (Fsp3) is 0.235. The number of nitriles is 1. The summed E-state index contributed by atoms with van der Waals surface area (Å²) in [4.78, 5) is 18.0. The van der Waals surface area contributed by atoms with Crippen LogP contribution in [0.3, 0.4) is 0 Å². The monoisotopic (exact) mass is 358 g/mol. The molecule has 0 spiro atoms. The Morgan fingerprint density at radius 1 is 1.28 bits per heavy atom. The molecule has 0 unspecified atom stereocenters. The van der Waals surface area contributed by atoms with Crippen LogP contribution in [-0.2, 0) is 16.6 Å². The topological polar surface area (TPSA) is 103 Å². The van der Waals surface area contributed by atoms with Gasteiger partial charge in [-0.2, -0.15) is 5.26 Å². The highest BCUT2D eigenvalue weighted by Gasteiger charge is 2.16. The molecule has 130 valence electrons. The van der Waals surface area contributed by atoms with Crippen molar-refractivity contribution in [1.82, 2.24) is 14.6 Å². The maximum absolute atomic E-state index is 12.4. The summed E-state index contributed by atoms with van der Waals surface area (Å²) in [5, 5.41) is 8.46. The van der Waals surface area contributed by atoms with E-state index in [1.807, 2.05) is 12.1 Å². The first kappa shape index (κ1) is 18.6. The van der Waals surface area contributed by atoms with E-state index in [2.05, 4.69) is 9.71 Å². The van der Waals surface area contributed by atoms with Crippen LogP contribution in [0.2, 0.25) is 0 Å². The molecule has 1 N–H and O–H groups in total. The number of carbonyl (C=O) groups is 1. The molecule has 25 heavy (non-hydrogen) atoms. The second-order valence-electron chi connectivity index (χ2n) is 5.35. The van der Waals surface area contributed by atoms with E-state index in [0.29, 0.717) is 12.1 Å². The van der Waals surface area contributed by atoms with Crippen molar-refractivity contribution in [2.75, 3.05) is 13.6 Å². The van der Waals surface area contributed by atoms with E-state index in [1.165, 1.54) is 29.2 Å². The molecule has 0 saturated carbocycles. The van der Waals surface area contributed by atoms with Crippen LogP contribution in [0.5, 0.6) is 0 Å². The van der Waals surface area contributed by atoms with Crippen molar-refractivity contribution in [3.05, 3.63) is 59.9 Å². The van der Waals surface area contributed by atoms with E-state index in [9.17, 15) is 13.2 Å². The lowest BCUT2D eigenvalue weighted by molar-refractivity contribution is 0.0785. The maximum atomic E-state index is 12.4. The van der Waals surface area contributed by atoms with Crippen molar-refractivity contribution < 1.29 is 13.2 Å². The molecule has 0 aliphatic rings. The van der Waals surface area contributed by atoms with Crippen LogP contribution < -0.4 is 4.72 Å². The molecule has 0 saturated heterocycles. The SMILES string of the molecule is CN(Cc1cccnc1)C(=O)c1ccc(S(=O)(=O)NCCC#N)cc1. The van der Waals surface area contributed by atoms with E-state index in [1.54, 1.807) is 25.5 Å². The lowest BCUT2D eigenvalue weighted by Gasteiger charge is -2.17. The Morgan fingerprint density at radius 3 is 2.60 bits per heavy atom. The molecule has 0 aliphatic carbocycles. The van der Waals surface area contributed by atoms with Gasteiger partial charge >= 0.3 is 0 Å². The van der Waals surface area contributed by atoms with Crippen LogP contribution in [0.25, 0.3) is 0 Å². The number of amides is 1. The second kappa shape index (κ2) is 8.37. The zero-order chi connectivity index (χ0) is 18.3. The highest BCUT2D eigenvalue weighted by atomic mass is 32.2. The first-order valence-corrected chi connectivity index (χ1v) is 9.03. The first-order chi connectivity index (χ1) is 11.9. The van der Waals surface area contributed by atoms with Gasteiger partial charge in [0.15, 0.2) is 0 Å². The summed E-state index contributed by atoms with van der Waals surface area (Å²) >= 11 is 0. The smallest absolute Gasteiger partial charge is 0.253 e. The fourth-order valence-corrected chi connectivity index (χ4v) is 3.19. The molecule has 2 rings (SSSR count). The summed E-state index contributed by atoms with van der Waals surface area (Å²) in [7, 11) is -2.01. The summed E-state index contributed by atoms with van der Waals surface area (Å²) in [6.45, 7) is 0.454. The fourth-order valence-electron chi connectivity index (χ4n) is 2.16. The standard InChI is InChI=1S/C17H18N4O3S/c1-21(13-14-4-2-10-19-12-14)17(22)15-5-7-16(8-6-15)25(23,24)20-11-3-9-18/h2,4-8,10,12,20H,3,11,13H2,1H3. The van der Waals surface area contributed by atoms with E-state index < -0.39 is 10.0 Å². The number of sulfonamides is 1. The zero-order valence-electron chi connectivity index (χ0n) is 13.7. The van der Waals surface area contributed by atoms with Crippen LogP contribution in [0.15, 0.2) is 53.7 Å². The molecule has 1 heterocycles. The Hall–Kier alpha value is -2.76. The van der Waals surface area contributed by atoms with Crippen LogP contribution >= 0.6 is 0 Å². The number of nitrogens with zero attached hydrogens (tertiary/aromatic N) is 3. The number of hydrogen-bond acceptors (Lipinski definition) is 5.